The second-order valence-corrected chi connectivity index (χ2v) is 8.67. The number of non-ortho nitro benzene ring substituents is 1. The van der Waals surface area contributed by atoms with Gasteiger partial charge in [0.15, 0.2) is 11.0 Å². The van der Waals surface area contributed by atoms with Gasteiger partial charge in [-0.2, -0.15) is 0 Å². The summed E-state index contributed by atoms with van der Waals surface area (Å²) in [6.07, 6.45) is 1.89. The number of ether oxygens (including phenoxy) is 1. The maximum atomic E-state index is 12.6. The first-order valence-electron chi connectivity index (χ1n) is 10.9. The summed E-state index contributed by atoms with van der Waals surface area (Å²) in [4.78, 5) is 26.2. The SMILES string of the molecule is COc1ccc(-n2c(SCC(=O)Nc3ccc([N+](=O)[O-])cc3)nnc2-c2c[nH]c3ccccc23)cc1. The number of hydrogen-bond donors (Lipinski definition) is 2. The summed E-state index contributed by atoms with van der Waals surface area (Å²) < 4.78 is 7.19. The summed E-state index contributed by atoms with van der Waals surface area (Å²) in [7, 11) is 1.61. The topological polar surface area (TPSA) is 128 Å². The highest BCUT2D eigenvalue weighted by molar-refractivity contribution is 7.99. The minimum absolute atomic E-state index is 0.0419. The number of fused-ring (bicyclic) bond motifs is 1. The number of aromatic nitrogens is 4. The van der Waals surface area contributed by atoms with E-state index in [1.807, 2.05) is 59.3 Å². The van der Waals surface area contributed by atoms with E-state index in [-0.39, 0.29) is 17.3 Å². The van der Waals surface area contributed by atoms with Crippen molar-refractivity contribution in [3.63, 3.8) is 0 Å². The average Bonchev–Trinajstić information content (AvgIpc) is 3.52. The van der Waals surface area contributed by atoms with Crippen LogP contribution >= 0.6 is 11.8 Å². The van der Waals surface area contributed by atoms with Crippen LogP contribution in [0.1, 0.15) is 0 Å². The van der Waals surface area contributed by atoms with Gasteiger partial charge in [0, 0.05) is 46.2 Å². The Kier molecular flexibility index (Phi) is 6.37. The number of thioether (sulfide) groups is 1. The zero-order valence-corrected chi connectivity index (χ0v) is 19.9. The number of para-hydroxylation sites is 1. The van der Waals surface area contributed by atoms with Crippen LogP contribution in [0.2, 0.25) is 0 Å². The fourth-order valence-corrected chi connectivity index (χ4v) is 4.50. The summed E-state index contributed by atoms with van der Waals surface area (Å²) in [5, 5.41) is 24.0. The lowest BCUT2D eigenvalue weighted by atomic mass is 10.1. The molecule has 0 unspecified atom stereocenters. The van der Waals surface area contributed by atoms with Crippen LogP contribution in [-0.2, 0) is 4.79 Å². The molecule has 0 radical (unpaired) electrons. The second kappa shape index (κ2) is 9.92. The van der Waals surface area contributed by atoms with Crippen molar-refractivity contribution in [3.05, 3.63) is 89.1 Å². The first-order valence-corrected chi connectivity index (χ1v) is 11.9. The molecule has 2 heterocycles. The predicted octanol–water partition coefficient (Wildman–Crippen LogP) is 5.06. The third-order valence-electron chi connectivity index (χ3n) is 5.49. The molecule has 0 saturated carbocycles. The summed E-state index contributed by atoms with van der Waals surface area (Å²) in [5.41, 5.74) is 3.12. The number of amides is 1. The monoisotopic (exact) mass is 500 g/mol. The Bertz CT molecular complexity index is 1540. The van der Waals surface area contributed by atoms with Gasteiger partial charge in [0.05, 0.1) is 17.8 Å². The molecule has 0 spiro atoms. The van der Waals surface area contributed by atoms with Crippen LogP contribution in [0.5, 0.6) is 5.75 Å². The van der Waals surface area contributed by atoms with Gasteiger partial charge < -0.3 is 15.0 Å². The summed E-state index contributed by atoms with van der Waals surface area (Å²) >= 11 is 1.24. The number of benzene rings is 3. The number of anilines is 1. The van der Waals surface area contributed by atoms with Gasteiger partial charge in [0.1, 0.15) is 5.75 Å². The van der Waals surface area contributed by atoms with E-state index in [0.29, 0.717) is 16.7 Å². The van der Waals surface area contributed by atoms with E-state index in [4.69, 9.17) is 4.74 Å². The van der Waals surface area contributed by atoms with E-state index in [2.05, 4.69) is 20.5 Å². The van der Waals surface area contributed by atoms with Crippen LogP contribution in [0.25, 0.3) is 28.0 Å². The highest BCUT2D eigenvalue weighted by Gasteiger charge is 2.20. The lowest BCUT2D eigenvalue weighted by Crippen LogP contribution is -2.14. The van der Waals surface area contributed by atoms with Crippen LogP contribution in [0.4, 0.5) is 11.4 Å². The maximum Gasteiger partial charge on any atom is 0.269 e. The zero-order valence-electron chi connectivity index (χ0n) is 19.0. The van der Waals surface area contributed by atoms with E-state index in [0.717, 1.165) is 27.9 Å². The van der Waals surface area contributed by atoms with Crippen LogP contribution in [-0.4, -0.2) is 43.4 Å². The van der Waals surface area contributed by atoms with Crippen LogP contribution in [0, 0.1) is 10.1 Å². The van der Waals surface area contributed by atoms with Crippen molar-refractivity contribution in [1.29, 1.82) is 0 Å². The molecule has 10 nitrogen and oxygen atoms in total. The van der Waals surface area contributed by atoms with Crippen LogP contribution in [0.15, 0.2) is 84.1 Å². The Labute approximate surface area is 209 Å². The fourth-order valence-electron chi connectivity index (χ4n) is 3.75. The Morgan fingerprint density at radius 1 is 1.08 bits per heavy atom. The number of aromatic amines is 1. The largest absolute Gasteiger partial charge is 0.497 e. The van der Waals surface area contributed by atoms with Crippen molar-refractivity contribution < 1.29 is 14.5 Å². The summed E-state index contributed by atoms with van der Waals surface area (Å²) in [6.45, 7) is 0. The number of nitro benzene ring substituents is 1. The van der Waals surface area contributed by atoms with E-state index >= 15 is 0 Å². The lowest BCUT2D eigenvalue weighted by Gasteiger charge is -2.11. The maximum absolute atomic E-state index is 12.6. The zero-order chi connectivity index (χ0) is 25.1. The molecule has 0 saturated heterocycles. The molecule has 36 heavy (non-hydrogen) atoms. The molecule has 0 aliphatic carbocycles. The standard InChI is InChI=1S/C25H20N6O4S/c1-35-19-12-10-17(11-13-19)30-24(21-14-26-22-5-3-2-4-20(21)22)28-29-25(30)36-15-23(32)27-16-6-8-18(9-7-16)31(33)34/h2-14,26H,15H2,1H3,(H,27,32). The third-order valence-corrected chi connectivity index (χ3v) is 6.42. The van der Waals surface area contributed by atoms with Gasteiger partial charge >= 0.3 is 0 Å². The number of nitrogens with one attached hydrogen (secondary N) is 2. The molecule has 2 N–H and O–H groups in total. The minimum atomic E-state index is -0.487. The molecule has 11 heteroatoms. The molecule has 2 aromatic heterocycles. The summed E-state index contributed by atoms with van der Waals surface area (Å²) in [6, 6.07) is 21.1. The molecule has 3 aromatic carbocycles. The van der Waals surface area contributed by atoms with Crippen molar-refractivity contribution in [3.8, 4) is 22.8 Å². The van der Waals surface area contributed by atoms with Crippen molar-refractivity contribution in [1.82, 2.24) is 19.7 Å². The number of rotatable bonds is 8. The molecular formula is C25H20N6O4S. The van der Waals surface area contributed by atoms with Crippen molar-refractivity contribution in [2.75, 3.05) is 18.2 Å². The normalized spacial score (nSPS) is 10.9. The molecule has 180 valence electrons. The number of nitrogens with zero attached hydrogens (tertiary/aromatic N) is 4. The van der Waals surface area contributed by atoms with Gasteiger partial charge in [-0.1, -0.05) is 30.0 Å². The second-order valence-electron chi connectivity index (χ2n) is 7.73. The van der Waals surface area contributed by atoms with Crippen LogP contribution < -0.4 is 10.1 Å². The fraction of sp³-hybridized carbons (Fsp3) is 0.0800. The van der Waals surface area contributed by atoms with E-state index in [9.17, 15) is 14.9 Å². The average molecular weight is 501 g/mol. The molecule has 0 aliphatic rings. The highest BCUT2D eigenvalue weighted by Crippen LogP contribution is 2.33. The van der Waals surface area contributed by atoms with Gasteiger partial charge in [-0.15, -0.1) is 10.2 Å². The molecule has 0 aliphatic heterocycles. The van der Waals surface area contributed by atoms with Gasteiger partial charge in [0.2, 0.25) is 5.91 Å². The third kappa shape index (κ3) is 4.64. The first-order chi connectivity index (χ1) is 17.5. The Morgan fingerprint density at radius 3 is 2.56 bits per heavy atom. The molecule has 0 atom stereocenters. The van der Waals surface area contributed by atoms with E-state index in [1.165, 1.54) is 36.0 Å². The Morgan fingerprint density at radius 2 is 1.83 bits per heavy atom. The minimum Gasteiger partial charge on any atom is -0.497 e. The van der Waals surface area contributed by atoms with Gasteiger partial charge in [-0.05, 0) is 42.5 Å². The smallest absolute Gasteiger partial charge is 0.269 e. The number of H-pyrrole nitrogens is 1. The number of carbonyl (C=O) groups is 1. The highest BCUT2D eigenvalue weighted by atomic mass is 32.2. The van der Waals surface area contributed by atoms with Gasteiger partial charge in [-0.25, -0.2) is 0 Å². The molecule has 0 bridgehead atoms. The van der Waals surface area contributed by atoms with Crippen LogP contribution in [0.3, 0.4) is 0 Å². The van der Waals surface area contributed by atoms with Crippen molar-refractivity contribution in [2.24, 2.45) is 0 Å². The lowest BCUT2D eigenvalue weighted by molar-refractivity contribution is -0.384. The molecule has 0 fully saturated rings. The van der Waals surface area contributed by atoms with E-state index in [1.54, 1.807) is 7.11 Å². The number of nitro groups is 1. The van der Waals surface area contributed by atoms with E-state index < -0.39 is 4.92 Å². The summed E-state index contributed by atoms with van der Waals surface area (Å²) in [5.74, 6) is 1.15. The molecule has 5 aromatic rings. The predicted molar refractivity (Wildman–Crippen MR) is 138 cm³/mol. The van der Waals surface area contributed by atoms with Crippen molar-refractivity contribution in [2.45, 2.75) is 5.16 Å². The number of hydrogen-bond acceptors (Lipinski definition) is 7. The first kappa shape index (κ1) is 23.1. The number of carbonyl (C=O) groups excluding carboxylic acids is 1. The number of methoxy groups -OCH3 is 1. The Hall–Kier alpha value is -4.64. The Balaban J connectivity index is 1.43. The van der Waals surface area contributed by atoms with Crippen molar-refractivity contribution >= 4 is 39.9 Å². The van der Waals surface area contributed by atoms with Gasteiger partial charge in [0.25, 0.3) is 5.69 Å². The molecule has 1 amide bonds. The molecule has 5 rings (SSSR count). The quantitative estimate of drug-likeness (QED) is 0.173. The van der Waals surface area contributed by atoms with Gasteiger partial charge in [-0.3, -0.25) is 19.5 Å². The molecular weight excluding hydrogens is 480 g/mol.